The molecule has 13 heteroatoms. The molecular weight excluding hydrogens is 454 g/mol. The van der Waals surface area contributed by atoms with E-state index in [-0.39, 0.29) is 34.5 Å². The summed E-state index contributed by atoms with van der Waals surface area (Å²) in [6.45, 7) is 0.0296. The minimum Gasteiger partial charge on any atom is -0.291 e. The maximum absolute atomic E-state index is 13.3. The zero-order chi connectivity index (χ0) is 24.3. The highest BCUT2D eigenvalue weighted by Gasteiger charge is 2.20. The molecular formula is C22H15N9O4. The summed E-state index contributed by atoms with van der Waals surface area (Å²) >= 11 is 0. The fourth-order valence-electron chi connectivity index (χ4n) is 4.18. The number of hydrogen-bond donors (Lipinski definition) is 0. The first-order chi connectivity index (χ1) is 17.0. The summed E-state index contributed by atoms with van der Waals surface area (Å²) in [4.78, 5) is 41.2. The number of nitro groups is 1. The van der Waals surface area contributed by atoms with E-state index in [9.17, 15) is 19.7 Å². The molecule has 0 bridgehead atoms. The van der Waals surface area contributed by atoms with Crippen LogP contribution in [0.3, 0.4) is 0 Å². The third-order valence-corrected chi connectivity index (χ3v) is 5.87. The van der Waals surface area contributed by atoms with Gasteiger partial charge in [0.2, 0.25) is 5.78 Å². The standard InChI is InChI=1S/C22H15N9O4/c1-27-20(32)13-6-2-3-7-15(13)29-18(25-26-22(27)29)11-28-12-23-19-14(21(28)33)10-24-30(19)16-8-4-5-9-17(16)31(34)35/h2-10,12H,11H2,1H3. The molecule has 13 nitrogen and oxygen atoms in total. The molecule has 0 unspecified atom stereocenters. The molecule has 172 valence electrons. The molecule has 4 aromatic heterocycles. The lowest BCUT2D eigenvalue weighted by atomic mass is 10.2. The van der Waals surface area contributed by atoms with Crippen molar-refractivity contribution in [3.8, 4) is 5.69 Å². The average Bonchev–Trinajstić information content (AvgIpc) is 3.49. The van der Waals surface area contributed by atoms with E-state index < -0.39 is 10.5 Å². The highest BCUT2D eigenvalue weighted by molar-refractivity contribution is 5.80. The molecule has 0 saturated heterocycles. The van der Waals surface area contributed by atoms with Gasteiger partial charge in [0.25, 0.3) is 16.8 Å². The summed E-state index contributed by atoms with van der Waals surface area (Å²) in [5, 5.41) is 24.7. The molecule has 0 amide bonds. The molecule has 0 aliphatic heterocycles. The normalized spacial score (nSPS) is 11.6. The summed E-state index contributed by atoms with van der Waals surface area (Å²) in [6, 6.07) is 13.2. The van der Waals surface area contributed by atoms with Crippen molar-refractivity contribution in [2.45, 2.75) is 6.54 Å². The van der Waals surface area contributed by atoms with E-state index in [2.05, 4.69) is 20.3 Å². The lowest BCUT2D eigenvalue weighted by molar-refractivity contribution is -0.384. The quantitative estimate of drug-likeness (QED) is 0.278. The van der Waals surface area contributed by atoms with Crippen molar-refractivity contribution < 1.29 is 4.92 Å². The molecule has 6 aromatic rings. The molecule has 35 heavy (non-hydrogen) atoms. The van der Waals surface area contributed by atoms with Crippen LogP contribution in [0.4, 0.5) is 5.69 Å². The molecule has 2 aromatic carbocycles. The number of rotatable bonds is 4. The fraction of sp³-hybridized carbons (Fsp3) is 0.0909. The Morgan fingerprint density at radius 2 is 1.74 bits per heavy atom. The van der Waals surface area contributed by atoms with Crippen LogP contribution < -0.4 is 11.1 Å². The Morgan fingerprint density at radius 3 is 2.57 bits per heavy atom. The van der Waals surface area contributed by atoms with Crippen LogP contribution in [0.1, 0.15) is 5.82 Å². The zero-order valence-electron chi connectivity index (χ0n) is 18.1. The van der Waals surface area contributed by atoms with Gasteiger partial charge in [-0.2, -0.15) is 5.10 Å². The number of aryl methyl sites for hydroxylation is 1. The van der Waals surface area contributed by atoms with E-state index in [1.165, 1.54) is 38.5 Å². The summed E-state index contributed by atoms with van der Waals surface area (Å²) in [7, 11) is 1.61. The molecule has 0 spiro atoms. The molecule has 6 rings (SSSR count). The molecule has 0 aliphatic carbocycles. The van der Waals surface area contributed by atoms with E-state index >= 15 is 0 Å². The van der Waals surface area contributed by atoms with Gasteiger partial charge in [0.1, 0.15) is 17.4 Å². The Bertz CT molecular complexity index is 1930. The van der Waals surface area contributed by atoms with Crippen molar-refractivity contribution in [3.05, 3.63) is 97.7 Å². The molecule has 0 fully saturated rings. The van der Waals surface area contributed by atoms with Crippen LogP contribution in [0.25, 0.3) is 33.4 Å². The molecule has 0 atom stereocenters. The Hall–Kier alpha value is -5.20. The number of fused-ring (bicyclic) bond motifs is 4. The van der Waals surface area contributed by atoms with Gasteiger partial charge in [-0.1, -0.05) is 24.3 Å². The van der Waals surface area contributed by atoms with Crippen LogP contribution in [0.2, 0.25) is 0 Å². The minimum absolute atomic E-state index is 0.0296. The van der Waals surface area contributed by atoms with Gasteiger partial charge in [0.05, 0.1) is 28.6 Å². The second-order valence-electron chi connectivity index (χ2n) is 7.85. The SMILES string of the molecule is Cn1c(=O)c2ccccc2n2c(Cn3cnc4c(cnn4-c4ccccc4[N+](=O)[O-])c3=O)nnc12. The number of aromatic nitrogens is 8. The second kappa shape index (κ2) is 7.41. The van der Waals surface area contributed by atoms with Gasteiger partial charge in [-0.25, -0.2) is 9.67 Å². The van der Waals surface area contributed by atoms with Crippen LogP contribution in [0.15, 0.2) is 70.6 Å². The highest BCUT2D eigenvalue weighted by atomic mass is 16.6. The molecule has 0 N–H and O–H groups in total. The van der Waals surface area contributed by atoms with E-state index in [1.54, 1.807) is 41.8 Å². The lowest BCUT2D eigenvalue weighted by Crippen LogP contribution is -2.23. The topological polar surface area (TPSA) is 148 Å². The van der Waals surface area contributed by atoms with Gasteiger partial charge in [0, 0.05) is 13.1 Å². The maximum atomic E-state index is 13.3. The maximum Gasteiger partial charge on any atom is 0.294 e. The van der Waals surface area contributed by atoms with Crippen molar-refractivity contribution in [2.24, 2.45) is 7.05 Å². The summed E-state index contributed by atoms with van der Waals surface area (Å²) in [5.74, 6) is 0.774. The van der Waals surface area contributed by atoms with E-state index in [0.717, 1.165) is 0 Å². The summed E-state index contributed by atoms with van der Waals surface area (Å²) < 4.78 is 5.75. The first-order valence-corrected chi connectivity index (χ1v) is 10.4. The van der Waals surface area contributed by atoms with Gasteiger partial charge >= 0.3 is 0 Å². The van der Waals surface area contributed by atoms with Crippen molar-refractivity contribution in [2.75, 3.05) is 0 Å². The third-order valence-electron chi connectivity index (χ3n) is 5.87. The lowest BCUT2D eigenvalue weighted by Gasteiger charge is -2.09. The highest BCUT2D eigenvalue weighted by Crippen LogP contribution is 2.24. The van der Waals surface area contributed by atoms with Gasteiger partial charge < -0.3 is 0 Å². The number of hydrogen-bond acceptors (Lipinski definition) is 8. The van der Waals surface area contributed by atoms with E-state index in [4.69, 9.17) is 0 Å². The Morgan fingerprint density at radius 1 is 0.971 bits per heavy atom. The third kappa shape index (κ3) is 2.95. The van der Waals surface area contributed by atoms with Crippen LogP contribution in [0.5, 0.6) is 0 Å². The summed E-state index contributed by atoms with van der Waals surface area (Å²) in [6.07, 6.45) is 2.67. The van der Waals surface area contributed by atoms with Crippen LogP contribution in [-0.4, -0.2) is 43.4 Å². The number of para-hydroxylation sites is 3. The van der Waals surface area contributed by atoms with Crippen LogP contribution in [-0.2, 0) is 13.6 Å². The number of nitrogens with zero attached hydrogens (tertiary/aromatic N) is 9. The second-order valence-corrected chi connectivity index (χ2v) is 7.85. The van der Waals surface area contributed by atoms with Gasteiger partial charge in [-0.15, -0.1) is 10.2 Å². The Labute approximate surface area is 194 Å². The zero-order valence-corrected chi connectivity index (χ0v) is 18.1. The van der Waals surface area contributed by atoms with Gasteiger partial charge in [-0.05, 0) is 18.2 Å². The summed E-state index contributed by atoms with van der Waals surface area (Å²) in [5.41, 5.74) is 0.265. The van der Waals surface area contributed by atoms with Crippen molar-refractivity contribution >= 4 is 33.4 Å². The predicted molar refractivity (Wildman–Crippen MR) is 125 cm³/mol. The minimum atomic E-state index is -0.516. The van der Waals surface area contributed by atoms with Gasteiger partial charge in [0.15, 0.2) is 11.5 Å². The van der Waals surface area contributed by atoms with Crippen molar-refractivity contribution in [1.82, 2.24) is 38.5 Å². The number of nitro benzene ring substituents is 1. The largest absolute Gasteiger partial charge is 0.294 e. The molecule has 0 radical (unpaired) electrons. The van der Waals surface area contributed by atoms with Gasteiger partial charge in [-0.3, -0.25) is 33.2 Å². The smallest absolute Gasteiger partial charge is 0.291 e. The van der Waals surface area contributed by atoms with E-state index in [0.29, 0.717) is 22.5 Å². The monoisotopic (exact) mass is 469 g/mol. The first-order valence-electron chi connectivity index (χ1n) is 10.4. The fourth-order valence-corrected chi connectivity index (χ4v) is 4.18. The first kappa shape index (κ1) is 20.4. The van der Waals surface area contributed by atoms with Crippen molar-refractivity contribution in [1.29, 1.82) is 0 Å². The number of benzene rings is 2. The Kier molecular flexibility index (Phi) is 4.32. The van der Waals surface area contributed by atoms with Crippen LogP contribution >= 0.6 is 0 Å². The molecule has 0 saturated carbocycles. The van der Waals surface area contributed by atoms with Crippen LogP contribution in [0, 0.1) is 10.1 Å². The molecule has 0 aliphatic rings. The van der Waals surface area contributed by atoms with Crippen molar-refractivity contribution in [3.63, 3.8) is 0 Å². The predicted octanol–water partition coefficient (Wildman–Crippen LogP) is 1.43. The average molecular weight is 469 g/mol. The Balaban J connectivity index is 1.50. The van der Waals surface area contributed by atoms with E-state index in [1.807, 2.05) is 6.07 Å². The molecule has 4 heterocycles.